The number of hydrogen-bond donors (Lipinski definition) is 0. The Morgan fingerprint density at radius 2 is 2.08 bits per heavy atom. The van der Waals surface area contributed by atoms with Crippen molar-refractivity contribution >= 4 is 3.49 Å². The molecule has 0 aliphatic carbocycles. The number of hydrogen-bond acceptors (Lipinski definition) is 1. The SMILES string of the molecule is Cc1ccccc1CC[C](=O)[Zr]. The van der Waals surface area contributed by atoms with Gasteiger partial charge in [0.2, 0.25) is 0 Å². The van der Waals surface area contributed by atoms with Crippen LogP contribution in [0.15, 0.2) is 24.3 Å². The normalized spacial score (nSPS) is 9.67. The van der Waals surface area contributed by atoms with E-state index >= 15 is 0 Å². The van der Waals surface area contributed by atoms with E-state index in [0.29, 0.717) is 9.91 Å². The Balaban J connectivity index is 2.63. The first-order chi connectivity index (χ1) is 5.70. The van der Waals surface area contributed by atoms with E-state index in [-0.39, 0.29) is 0 Å². The summed E-state index contributed by atoms with van der Waals surface area (Å²) in [6.45, 7) is 2.09. The van der Waals surface area contributed by atoms with Crippen molar-refractivity contribution in [3.8, 4) is 0 Å². The molecule has 12 heavy (non-hydrogen) atoms. The molecule has 1 aromatic rings. The molecule has 0 atom stereocenters. The fourth-order valence-corrected chi connectivity index (χ4v) is 1.45. The fourth-order valence-electron chi connectivity index (χ4n) is 1.14. The van der Waals surface area contributed by atoms with Crippen LogP contribution in [0.25, 0.3) is 0 Å². The molecule has 2 heteroatoms. The van der Waals surface area contributed by atoms with Crippen molar-refractivity contribution in [1.82, 2.24) is 0 Å². The summed E-state index contributed by atoms with van der Waals surface area (Å²) in [7, 11) is 0. The van der Waals surface area contributed by atoms with E-state index in [2.05, 4.69) is 19.1 Å². The van der Waals surface area contributed by atoms with Crippen LogP contribution in [0.3, 0.4) is 0 Å². The molecule has 0 heterocycles. The summed E-state index contributed by atoms with van der Waals surface area (Å²) >= 11 is 1.02. The molecule has 0 radical (unpaired) electrons. The summed E-state index contributed by atoms with van der Waals surface area (Å²) in [5, 5.41) is 0. The van der Waals surface area contributed by atoms with Crippen molar-refractivity contribution in [2.45, 2.75) is 19.8 Å². The predicted octanol–water partition coefficient (Wildman–Crippen LogP) is 2.00. The first-order valence-electron chi connectivity index (χ1n) is 3.99. The summed E-state index contributed by atoms with van der Waals surface area (Å²) in [4.78, 5) is 10.8. The second-order valence-corrected chi connectivity index (χ2v) is 4.22. The maximum atomic E-state index is 10.8. The average molecular weight is 238 g/mol. The van der Waals surface area contributed by atoms with Crippen LogP contribution in [-0.4, -0.2) is 3.49 Å². The van der Waals surface area contributed by atoms with Crippen LogP contribution in [0.2, 0.25) is 0 Å². The van der Waals surface area contributed by atoms with E-state index in [1.54, 1.807) is 0 Å². The summed E-state index contributed by atoms with van der Waals surface area (Å²) in [6, 6.07) is 8.23. The average Bonchev–Trinajstić information content (AvgIpc) is 2.03. The zero-order valence-corrected chi connectivity index (χ0v) is 9.59. The summed E-state index contributed by atoms with van der Waals surface area (Å²) in [5.41, 5.74) is 2.59. The molecule has 0 spiro atoms. The fraction of sp³-hybridized carbons (Fsp3) is 0.300. The van der Waals surface area contributed by atoms with Crippen LogP contribution in [0.4, 0.5) is 0 Å². The first kappa shape index (κ1) is 9.86. The molecule has 61 valence electrons. The van der Waals surface area contributed by atoms with Crippen molar-refractivity contribution in [1.29, 1.82) is 0 Å². The van der Waals surface area contributed by atoms with Gasteiger partial charge in [0, 0.05) is 0 Å². The Morgan fingerprint density at radius 1 is 1.42 bits per heavy atom. The molecule has 0 bridgehead atoms. The Labute approximate surface area is 88.0 Å². The Hall–Kier alpha value is -0.227. The molecular formula is C10H11OZr. The molecule has 1 aromatic carbocycles. The Kier molecular flexibility index (Phi) is 3.87. The van der Waals surface area contributed by atoms with Gasteiger partial charge in [0.05, 0.1) is 0 Å². The molecular weight excluding hydrogens is 227 g/mol. The Bertz CT molecular complexity index is 281. The number of aryl methyl sites for hydroxylation is 2. The van der Waals surface area contributed by atoms with Crippen LogP contribution in [0.1, 0.15) is 17.5 Å². The van der Waals surface area contributed by atoms with Gasteiger partial charge in [0.25, 0.3) is 0 Å². The number of benzene rings is 1. The molecule has 0 unspecified atom stereocenters. The van der Waals surface area contributed by atoms with Crippen molar-refractivity contribution < 1.29 is 29.5 Å². The topological polar surface area (TPSA) is 17.1 Å². The van der Waals surface area contributed by atoms with Gasteiger partial charge in [0.15, 0.2) is 0 Å². The molecule has 0 aliphatic heterocycles. The van der Waals surface area contributed by atoms with Gasteiger partial charge >= 0.3 is 88.2 Å². The van der Waals surface area contributed by atoms with Crippen LogP contribution >= 0.6 is 0 Å². The van der Waals surface area contributed by atoms with Crippen molar-refractivity contribution in [3.05, 3.63) is 35.4 Å². The molecule has 0 saturated heterocycles. The monoisotopic (exact) mass is 237 g/mol. The molecule has 0 aromatic heterocycles. The molecule has 1 rings (SSSR count). The van der Waals surface area contributed by atoms with Gasteiger partial charge in [-0.05, 0) is 0 Å². The van der Waals surface area contributed by atoms with Crippen LogP contribution in [0, 0.1) is 6.92 Å². The van der Waals surface area contributed by atoms with E-state index in [1.165, 1.54) is 11.1 Å². The third kappa shape index (κ3) is 3.02. The molecule has 0 N–H and O–H groups in total. The standard InChI is InChI=1S/C10H11O.Zr/c1-9-5-2-3-6-10(9)7-4-8-11;/h2-3,5-6H,4,7H2,1H3;. The van der Waals surface area contributed by atoms with E-state index in [1.807, 2.05) is 12.1 Å². The molecule has 0 aliphatic rings. The molecule has 1 nitrogen and oxygen atoms in total. The minimum absolute atomic E-state index is 0.352. The zero-order chi connectivity index (χ0) is 8.97. The van der Waals surface area contributed by atoms with E-state index < -0.39 is 0 Å². The zero-order valence-electron chi connectivity index (χ0n) is 7.13. The van der Waals surface area contributed by atoms with Gasteiger partial charge in [-0.1, -0.05) is 0 Å². The van der Waals surface area contributed by atoms with Gasteiger partial charge in [-0.2, -0.15) is 0 Å². The van der Waals surface area contributed by atoms with Crippen LogP contribution in [0.5, 0.6) is 0 Å². The second kappa shape index (κ2) is 4.71. The van der Waals surface area contributed by atoms with Gasteiger partial charge in [-0.3, -0.25) is 0 Å². The van der Waals surface area contributed by atoms with Gasteiger partial charge in [-0.25, -0.2) is 0 Å². The summed E-state index contributed by atoms with van der Waals surface area (Å²) in [6.07, 6.45) is 1.60. The quantitative estimate of drug-likeness (QED) is 0.787. The number of carbonyl (C=O) groups excluding carboxylic acids is 1. The first-order valence-corrected chi connectivity index (χ1v) is 5.22. The van der Waals surface area contributed by atoms with Crippen molar-refractivity contribution in [2.24, 2.45) is 0 Å². The summed E-state index contributed by atoms with van der Waals surface area (Å²) in [5.74, 6) is 0. The van der Waals surface area contributed by atoms with Crippen molar-refractivity contribution in [2.75, 3.05) is 0 Å². The van der Waals surface area contributed by atoms with Gasteiger partial charge in [0.1, 0.15) is 0 Å². The number of rotatable bonds is 3. The van der Waals surface area contributed by atoms with Crippen LogP contribution in [-0.2, 0) is 35.9 Å². The third-order valence-corrected chi connectivity index (χ3v) is 2.50. The van der Waals surface area contributed by atoms with E-state index in [9.17, 15) is 4.79 Å². The van der Waals surface area contributed by atoms with Crippen LogP contribution < -0.4 is 0 Å². The molecule has 0 amide bonds. The van der Waals surface area contributed by atoms with Crippen molar-refractivity contribution in [3.63, 3.8) is 0 Å². The number of carbonyl (C=O) groups is 1. The summed E-state index contributed by atoms with van der Waals surface area (Å²) < 4.78 is 0.352. The van der Waals surface area contributed by atoms with Gasteiger partial charge < -0.3 is 0 Å². The predicted molar refractivity (Wildman–Crippen MR) is 44.5 cm³/mol. The maximum absolute atomic E-state index is 10.8. The van der Waals surface area contributed by atoms with E-state index in [4.69, 9.17) is 0 Å². The molecule has 0 saturated carbocycles. The van der Waals surface area contributed by atoms with E-state index in [0.717, 1.165) is 31.1 Å². The van der Waals surface area contributed by atoms with Gasteiger partial charge in [-0.15, -0.1) is 0 Å². The second-order valence-electron chi connectivity index (χ2n) is 2.85. The third-order valence-electron chi connectivity index (χ3n) is 1.88. The Morgan fingerprint density at radius 3 is 2.67 bits per heavy atom. The molecule has 0 fully saturated rings. The minimum atomic E-state index is 0.352.